The van der Waals surface area contributed by atoms with Gasteiger partial charge in [0.15, 0.2) is 5.76 Å². The Morgan fingerprint density at radius 3 is 3.08 bits per heavy atom. The number of hydrogen-bond donors (Lipinski definition) is 2. The lowest BCUT2D eigenvalue weighted by atomic mass is 10.1. The van der Waals surface area contributed by atoms with Gasteiger partial charge in [-0.25, -0.2) is 4.98 Å². The zero-order valence-corrected chi connectivity index (χ0v) is 14.9. The second-order valence-corrected chi connectivity index (χ2v) is 6.67. The number of ether oxygens (including phenoxy) is 1. The summed E-state index contributed by atoms with van der Waals surface area (Å²) in [6, 6.07) is 11.8. The lowest BCUT2D eigenvalue weighted by Gasteiger charge is -2.17. The summed E-state index contributed by atoms with van der Waals surface area (Å²) in [5.41, 5.74) is 2.13. The fourth-order valence-electron chi connectivity index (χ4n) is 2.77. The van der Waals surface area contributed by atoms with E-state index in [0.29, 0.717) is 18.9 Å². The molecule has 4 rings (SSSR count). The SMILES string of the molecule is O=C(NCCCNc1nsc2ncccc12)C1=Cc2ccccc2CO1. The molecule has 0 bridgehead atoms. The van der Waals surface area contributed by atoms with Crippen molar-refractivity contribution in [1.29, 1.82) is 0 Å². The van der Waals surface area contributed by atoms with E-state index in [-0.39, 0.29) is 5.91 Å². The first-order valence-corrected chi connectivity index (χ1v) is 9.23. The van der Waals surface area contributed by atoms with Crippen molar-refractivity contribution in [3.63, 3.8) is 0 Å². The van der Waals surface area contributed by atoms with Crippen molar-refractivity contribution in [1.82, 2.24) is 14.7 Å². The van der Waals surface area contributed by atoms with Gasteiger partial charge < -0.3 is 15.4 Å². The van der Waals surface area contributed by atoms with E-state index in [2.05, 4.69) is 20.0 Å². The number of anilines is 1. The van der Waals surface area contributed by atoms with Gasteiger partial charge in [0, 0.05) is 19.3 Å². The summed E-state index contributed by atoms with van der Waals surface area (Å²) in [4.78, 5) is 17.4. The van der Waals surface area contributed by atoms with E-state index in [1.54, 1.807) is 12.3 Å². The van der Waals surface area contributed by atoms with Crippen molar-refractivity contribution in [2.75, 3.05) is 18.4 Å². The third kappa shape index (κ3) is 3.52. The Balaban J connectivity index is 1.25. The van der Waals surface area contributed by atoms with Crippen LogP contribution in [0.2, 0.25) is 0 Å². The van der Waals surface area contributed by atoms with Gasteiger partial charge in [0.05, 0.1) is 5.39 Å². The molecule has 1 amide bonds. The second-order valence-electron chi connectivity index (χ2n) is 5.92. The van der Waals surface area contributed by atoms with E-state index in [9.17, 15) is 4.79 Å². The average molecular weight is 366 g/mol. The molecule has 0 saturated carbocycles. The van der Waals surface area contributed by atoms with Crippen LogP contribution in [0.3, 0.4) is 0 Å². The molecule has 7 heteroatoms. The van der Waals surface area contributed by atoms with Gasteiger partial charge in [0.2, 0.25) is 0 Å². The molecule has 1 aliphatic heterocycles. The van der Waals surface area contributed by atoms with E-state index in [1.165, 1.54) is 11.5 Å². The minimum absolute atomic E-state index is 0.178. The van der Waals surface area contributed by atoms with Crippen LogP contribution >= 0.6 is 11.5 Å². The highest BCUT2D eigenvalue weighted by Gasteiger charge is 2.16. The fourth-order valence-corrected chi connectivity index (χ4v) is 3.48. The van der Waals surface area contributed by atoms with Crippen LogP contribution < -0.4 is 10.6 Å². The summed E-state index contributed by atoms with van der Waals surface area (Å²) in [5.74, 6) is 1.04. The minimum Gasteiger partial charge on any atom is -0.483 e. The van der Waals surface area contributed by atoms with E-state index in [0.717, 1.165) is 40.1 Å². The average Bonchev–Trinajstić information content (AvgIpc) is 3.10. The molecule has 1 aromatic carbocycles. The molecule has 26 heavy (non-hydrogen) atoms. The summed E-state index contributed by atoms with van der Waals surface area (Å²) in [6.07, 6.45) is 4.34. The fraction of sp³-hybridized carbons (Fsp3) is 0.211. The molecule has 0 fully saturated rings. The van der Waals surface area contributed by atoms with Gasteiger partial charge in [-0.1, -0.05) is 24.3 Å². The van der Waals surface area contributed by atoms with Crippen LogP contribution in [0.25, 0.3) is 16.3 Å². The van der Waals surface area contributed by atoms with Crippen LogP contribution in [-0.2, 0) is 16.1 Å². The Bertz CT molecular complexity index is 967. The Morgan fingerprint density at radius 2 is 2.12 bits per heavy atom. The largest absolute Gasteiger partial charge is 0.483 e. The molecule has 0 atom stereocenters. The van der Waals surface area contributed by atoms with Crippen molar-refractivity contribution in [2.45, 2.75) is 13.0 Å². The van der Waals surface area contributed by atoms with Crippen LogP contribution in [0, 0.1) is 0 Å². The van der Waals surface area contributed by atoms with Crippen molar-refractivity contribution in [3.05, 3.63) is 59.5 Å². The maximum Gasteiger partial charge on any atom is 0.286 e. The van der Waals surface area contributed by atoms with Crippen LogP contribution in [0.4, 0.5) is 5.82 Å². The number of pyridine rings is 1. The molecule has 3 aromatic rings. The number of carbonyl (C=O) groups excluding carboxylic acids is 1. The molecule has 0 spiro atoms. The highest BCUT2D eigenvalue weighted by Crippen LogP contribution is 2.24. The number of nitrogens with one attached hydrogen (secondary N) is 2. The third-order valence-electron chi connectivity index (χ3n) is 4.13. The van der Waals surface area contributed by atoms with Crippen molar-refractivity contribution < 1.29 is 9.53 Å². The van der Waals surface area contributed by atoms with Crippen molar-refractivity contribution in [3.8, 4) is 0 Å². The van der Waals surface area contributed by atoms with Crippen molar-refractivity contribution >= 4 is 39.6 Å². The van der Waals surface area contributed by atoms with Gasteiger partial charge in [-0.05, 0) is 47.3 Å². The topological polar surface area (TPSA) is 76.1 Å². The lowest BCUT2D eigenvalue weighted by molar-refractivity contribution is -0.121. The second kappa shape index (κ2) is 7.53. The zero-order chi connectivity index (χ0) is 17.8. The van der Waals surface area contributed by atoms with E-state index in [4.69, 9.17) is 4.74 Å². The molecule has 3 heterocycles. The van der Waals surface area contributed by atoms with Gasteiger partial charge in [-0.2, -0.15) is 4.37 Å². The van der Waals surface area contributed by atoms with E-state index in [1.807, 2.05) is 36.4 Å². The van der Waals surface area contributed by atoms with Crippen LogP contribution in [0.15, 0.2) is 48.4 Å². The quantitative estimate of drug-likeness (QED) is 0.655. The van der Waals surface area contributed by atoms with E-state index >= 15 is 0 Å². The molecule has 0 radical (unpaired) electrons. The normalized spacial score (nSPS) is 12.8. The first-order valence-electron chi connectivity index (χ1n) is 8.46. The monoisotopic (exact) mass is 366 g/mol. The molecule has 1 aliphatic rings. The first-order chi connectivity index (χ1) is 12.8. The van der Waals surface area contributed by atoms with Crippen LogP contribution in [-0.4, -0.2) is 28.4 Å². The van der Waals surface area contributed by atoms with Crippen LogP contribution in [0.1, 0.15) is 17.5 Å². The lowest BCUT2D eigenvalue weighted by Crippen LogP contribution is -2.29. The van der Waals surface area contributed by atoms with Crippen molar-refractivity contribution in [2.24, 2.45) is 0 Å². The molecule has 0 unspecified atom stereocenters. The summed E-state index contributed by atoms with van der Waals surface area (Å²) in [5, 5.41) is 7.22. The van der Waals surface area contributed by atoms with Gasteiger partial charge in [0.25, 0.3) is 5.91 Å². The predicted molar refractivity (Wildman–Crippen MR) is 103 cm³/mol. The summed E-state index contributed by atoms with van der Waals surface area (Å²) >= 11 is 1.38. The molecule has 0 saturated heterocycles. The Kier molecular flexibility index (Phi) is 4.79. The number of amides is 1. The number of aromatic nitrogens is 2. The Morgan fingerprint density at radius 1 is 1.19 bits per heavy atom. The van der Waals surface area contributed by atoms with Gasteiger partial charge in [0.1, 0.15) is 17.3 Å². The smallest absolute Gasteiger partial charge is 0.286 e. The Labute approximate surface area is 155 Å². The highest BCUT2D eigenvalue weighted by molar-refractivity contribution is 7.13. The molecule has 2 aromatic heterocycles. The standard InChI is InChI=1S/C19H18N4O2S/c24-18(16-11-13-5-1-2-6-14(13)12-25-16)21-10-4-9-20-17-15-7-3-8-22-19(15)26-23-17/h1-3,5-8,11H,4,9-10,12H2,(H,20,23)(H,21,24). The Hall–Kier alpha value is -2.93. The number of rotatable bonds is 6. The van der Waals surface area contributed by atoms with Gasteiger partial charge >= 0.3 is 0 Å². The van der Waals surface area contributed by atoms with Gasteiger partial charge in [-0.15, -0.1) is 0 Å². The predicted octanol–water partition coefficient (Wildman–Crippen LogP) is 3.18. The summed E-state index contributed by atoms with van der Waals surface area (Å²) < 4.78 is 9.92. The molecule has 2 N–H and O–H groups in total. The van der Waals surface area contributed by atoms with Gasteiger partial charge in [-0.3, -0.25) is 4.79 Å². The molecule has 132 valence electrons. The number of fused-ring (bicyclic) bond motifs is 2. The maximum atomic E-state index is 12.2. The number of carbonyl (C=O) groups is 1. The molecular formula is C19H18N4O2S. The molecular weight excluding hydrogens is 348 g/mol. The molecule has 6 nitrogen and oxygen atoms in total. The zero-order valence-electron chi connectivity index (χ0n) is 14.1. The van der Waals surface area contributed by atoms with Crippen LogP contribution in [0.5, 0.6) is 0 Å². The summed E-state index contributed by atoms with van der Waals surface area (Å²) in [6.45, 7) is 1.72. The third-order valence-corrected chi connectivity index (χ3v) is 4.90. The first kappa shape index (κ1) is 16.5. The number of nitrogens with zero attached hydrogens (tertiary/aromatic N) is 2. The number of hydrogen-bond acceptors (Lipinski definition) is 6. The summed E-state index contributed by atoms with van der Waals surface area (Å²) in [7, 11) is 0. The van der Waals surface area contributed by atoms with E-state index < -0.39 is 0 Å². The minimum atomic E-state index is -0.178. The maximum absolute atomic E-state index is 12.2. The highest BCUT2D eigenvalue weighted by atomic mass is 32.1. The molecule has 0 aliphatic carbocycles. The number of benzene rings is 1.